The lowest BCUT2D eigenvalue weighted by Gasteiger charge is -2.19. The van der Waals surface area contributed by atoms with Crippen molar-refractivity contribution in [1.29, 1.82) is 0 Å². The first-order valence-corrected chi connectivity index (χ1v) is 10.9. The van der Waals surface area contributed by atoms with E-state index in [1.807, 2.05) is 0 Å². The molecule has 30 heavy (non-hydrogen) atoms. The van der Waals surface area contributed by atoms with Gasteiger partial charge in [0.15, 0.2) is 5.17 Å². The number of halogens is 1. The largest absolute Gasteiger partial charge is 0.356 e. The second-order valence-electron chi connectivity index (χ2n) is 7.25. The lowest BCUT2D eigenvalue weighted by atomic mass is 9.95. The first kappa shape index (κ1) is 20.5. The van der Waals surface area contributed by atoms with E-state index in [1.54, 1.807) is 11.8 Å². The van der Waals surface area contributed by atoms with Crippen molar-refractivity contribution in [2.45, 2.75) is 17.8 Å². The van der Waals surface area contributed by atoms with Gasteiger partial charge in [-0.05, 0) is 27.5 Å². The number of aliphatic imine (C=N–C) groups is 1. The number of thioether (sulfide) groups is 1. The van der Waals surface area contributed by atoms with Crippen LogP contribution in [0.15, 0.2) is 108 Å². The van der Waals surface area contributed by atoms with E-state index >= 15 is 0 Å². The summed E-state index contributed by atoms with van der Waals surface area (Å²) >= 11 is 1.79. The minimum atomic E-state index is 0. The zero-order valence-corrected chi connectivity index (χ0v) is 18.1. The molecule has 0 fully saturated rings. The predicted molar refractivity (Wildman–Crippen MR) is 131 cm³/mol. The van der Waals surface area contributed by atoms with E-state index in [1.165, 1.54) is 27.5 Å². The summed E-state index contributed by atoms with van der Waals surface area (Å²) < 4.78 is 0. The maximum absolute atomic E-state index is 5.08. The predicted octanol–water partition coefficient (Wildman–Crippen LogP) is 6.94. The second-order valence-corrected chi connectivity index (χ2v) is 8.21. The van der Waals surface area contributed by atoms with Gasteiger partial charge in [-0.25, -0.2) is 0 Å². The standard InChI is InChI=1S/C26H22N2S.ClH/c1-3-11-20(12-4-1)24-25(21-13-5-2-6-14-21)28-26(27-24)29-18-22-16-9-15-19-10-7-8-17-23(19)22;/h1-17,24-25H,18H2,(H,27,28);1H/t24-,25+;. The molecule has 0 bridgehead atoms. The maximum Gasteiger partial charge on any atom is 0.158 e. The Bertz CT molecular complexity index is 1140. The Labute approximate surface area is 187 Å². The minimum Gasteiger partial charge on any atom is -0.356 e. The summed E-state index contributed by atoms with van der Waals surface area (Å²) in [7, 11) is 0. The molecule has 1 aliphatic heterocycles. The lowest BCUT2D eigenvalue weighted by Crippen LogP contribution is -2.22. The van der Waals surface area contributed by atoms with Crippen LogP contribution in [-0.4, -0.2) is 5.17 Å². The molecule has 150 valence electrons. The zero-order valence-electron chi connectivity index (χ0n) is 16.4. The smallest absolute Gasteiger partial charge is 0.158 e. The van der Waals surface area contributed by atoms with Crippen molar-refractivity contribution in [2.75, 3.05) is 0 Å². The van der Waals surface area contributed by atoms with Crippen LogP contribution in [0.2, 0.25) is 0 Å². The zero-order chi connectivity index (χ0) is 19.5. The molecule has 0 spiro atoms. The van der Waals surface area contributed by atoms with E-state index in [0.29, 0.717) is 0 Å². The molecule has 0 aliphatic carbocycles. The molecule has 4 heteroatoms. The van der Waals surface area contributed by atoms with E-state index in [4.69, 9.17) is 4.99 Å². The van der Waals surface area contributed by atoms with Crippen molar-refractivity contribution in [3.05, 3.63) is 120 Å². The normalized spacial score (nSPS) is 17.8. The van der Waals surface area contributed by atoms with Crippen LogP contribution in [0.3, 0.4) is 0 Å². The third-order valence-corrected chi connectivity index (χ3v) is 6.35. The quantitative estimate of drug-likeness (QED) is 0.379. The van der Waals surface area contributed by atoms with Crippen LogP contribution in [0.1, 0.15) is 28.8 Å². The van der Waals surface area contributed by atoms with Gasteiger partial charge in [0.25, 0.3) is 0 Å². The van der Waals surface area contributed by atoms with Crippen molar-refractivity contribution in [3.8, 4) is 0 Å². The molecule has 0 aromatic heterocycles. The molecule has 2 atom stereocenters. The molecule has 0 radical (unpaired) electrons. The second kappa shape index (κ2) is 9.38. The summed E-state index contributed by atoms with van der Waals surface area (Å²) in [6, 6.07) is 36.6. The highest BCUT2D eigenvalue weighted by molar-refractivity contribution is 8.13. The number of nitrogens with zero attached hydrogens (tertiary/aromatic N) is 1. The van der Waals surface area contributed by atoms with Crippen LogP contribution < -0.4 is 5.32 Å². The van der Waals surface area contributed by atoms with Gasteiger partial charge in [0.2, 0.25) is 0 Å². The molecule has 4 aromatic rings. The molecular weight excluding hydrogens is 408 g/mol. The lowest BCUT2D eigenvalue weighted by molar-refractivity contribution is 0.573. The van der Waals surface area contributed by atoms with Crippen molar-refractivity contribution in [2.24, 2.45) is 4.99 Å². The Morgan fingerprint density at radius 1 is 0.700 bits per heavy atom. The molecule has 0 unspecified atom stereocenters. The van der Waals surface area contributed by atoms with E-state index in [0.717, 1.165) is 10.9 Å². The fourth-order valence-electron chi connectivity index (χ4n) is 3.94. The Balaban J connectivity index is 0.00000218. The summed E-state index contributed by atoms with van der Waals surface area (Å²) in [6.45, 7) is 0. The Kier molecular flexibility index (Phi) is 6.41. The third-order valence-electron chi connectivity index (χ3n) is 5.40. The van der Waals surface area contributed by atoms with Crippen LogP contribution in [0.4, 0.5) is 0 Å². The van der Waals surface area contributed by atoms with Crippen LogP contribution in [0.5, 0.6) is 0 Å². The van der Waals surface area contributed by atoms with Gasteiger partial charge in [0.1, 0.15) is 6.04 Å². The van der Waals surface area contributed by atoms with Gasteiger partial charge in [0, 0.05) is 5.75 Å². The number of nitrogens with one attached hydrogen (secondary N) is 1. The number of fused-ring (bicyclic) bond motifs is 1. The molecule has 4 aromatic carbocycles. The van der Waals surface area contributed by atoms with Gasteiger partial charge in [-0.3, -0.25) is 4.99 Å². The molecule has 2 nitrogen and oxygen atoms in total. The van der Waals surface area contributed by atoms with Crippen molar-refractivity contribution < 1.29 is 0 Å². The molecule has 1 heterocycles. The van der Waals surface area contributed by atoms with Gasteiger partial charge >= 0.3 is 0 Å². The average Bonchev–Trinajstić information content (AvgIpc) is 3.23. The van der Waals surface area contributed by atoms with Crippen molar-refractivity contribution in [3.63, 3.8) is 0 Å². The van der Waals surface area contributed by atoms with Gasteiger partial charge in [0.05, 0.1) is 6.04 Å². The number of hydrogen-bond donors (Lipinski definition) is 1. The summed E-state index contributed by atoms with van der Waals surface area (Å²) in [5, 5.41) is 7.31. The molecular formula is C26H23ClN2S. The Morgan fingerprint density at radius 3 is 2.10 bits per heavy atom. The van der Waals surface area contributed by atoms with Crippen molar-refractivity contribution in [1.82, 2.24) is 5.32 Å². The van der Waals surface area contributed by atoms with Crippen LogP contribution in [-0.2, 0) is 5.75 Å². The first-order chi connectivity index (χ1) is 14.4. The highest BCUT2D eigenvalue weighted by atomic mass is 35.5. The summed E-state index contributed by atoms with van der Waals surface area (Å²) in [4.78, 5) is 5.08. The first-order valence-electron chi connectivity index (χ1n) is 9.92. The third kappa shape index (κ3) is 4.23. The molecule has 1 N–H and O–H groups in total. The monoisotopic (exact) mass is 430 g/mol. The number of rotatable bonds is 4. The SMILES string of the molecule is Cl.c1ccc([C@H]2N=C(SCc3cccc4ccccc34)N[C@H]2c2ccccc2)cc1. The van der Waals surface area contributed by atoms with Gasteiger partial charge < -0.3 is 5.32 Å². The molecule has 5 rings (SSSR count). The highest BCUT2D eigenvalue weighted by Gasteiger charge is 2.31. The summed E-state index contributed by atoms with van der Waals surface area (Å²) in [5.74, 6) is 0.899. The molecule has 0 saturated carbocycles. The van der Waals surface area contributed by atoms with Gasteiger partial charge in [-0.15, -0.1) is 12.4 Å². The Hall–Kier alpha value is -2.75. The van der Waals surface area contributed by atoms with Crippen LogP contribution >= 0.6 is 24.2 Å². The van der Waals surface area contributed by atoms with E-state index < -0.39 is 0 Å². The maximum atomic E-state index is 5.08. The minimum absolute atomic E-state index is 0. The average molecular weight is 431 g/mol. The number of amidine groups is 1. The number of benzene rings is 4. The fraction of sp³-hybridized carbons (Fsp3) is 0.115. The fourth-order valence-corrected chi connectivity index (χ4v) is 4.88. The highest BCUT2D eigenvalue weighted by Crippen LogP contribution is 2.38. The Morgan fingerprint density at radius 2 is 1.33 bits per heavy atom. The topological polar surface area (TPSA) is 24.4 Å². The number of hydrogen-bond acceptors (Lipinski definition) is 3. The molecule has 0 amide bonds. The van der Waals surface area contributed by atoms with E-state index in [-0.39, 0.29) is 24.5 Å². The molecule has 0 saturated heterocycles. The van der Waals surface area contributed by atoms with E-state index in [9.17, 15) is 0 Å². The van der Waals surface area contributed by atoms with Crippen LogP contribution in [0, 0.1) is 0 Å². The summed E-state index contributed by atoms with van der Waals surface area (Å²) in [6.07, 6.45) is 0. The van der Waals surface area contributed by atoms with Crippen LogP contribution in [0.25, 0.3) is 10.8 Å². The van der Waals surface area contributed by atoms with Crippen molar-refractivity contribution >= 4 is 40.1 Å². The van der Waals surface area contributed by atoms with Gasteiger partial charge in [-0.2, -0.15) is 0 Å². The summed E-state index contributed by atoms with van der Waals surface area (Å²) in [5.41, 5.74) is 3.86. The van der Waals surface area contributed by atoms with Gasteiger partial charge in [-0.1, -0.05) is 115 Å². The molecule has 1 aliphatic rings. The van der Waals surface area contributed by atoms with E-state index in [2.05, 4.69) is 108 Å².